The molecule has 1 aliphatic carbocycles. The largest absolute Gasteiger partial charge is 0.393 e. The SMILES string of the molecule is Cc1ccc(N2C(=O)N(c3ccc(Cl)cc3)C(=O)C23CC(O)C3)cc1. The summed E-state index contributed by atoms with van der Waals surface area (Å²) in [4.78, 5) is 28.9. The smallest absolute Gasteiger partial charge is 0.336 e. The van der Waals surface area contributed by atoms with Gasteiger partial charge in [0.15, 0.2) is 0 Å². The van der Waals surface area contributed by atoms with Crippen LogP contribution in [0.25, 0.3) is 0 Å². The highest BCUT2D eigenvalue weighted by Crippen LogP contribution is 2.47. The number of urea groups is 1. The van der Waals surface area contributed by atoms with E-state index < -0.39 is 17.7 Å². The average molecular weight is 357 g/mol. The number of aliphatic hydroxyl groups is 1. The molecule has 1 saturated heterocycles. The number of nitrogens with zero attached hydrogens (tertiary/aromatic N) is 2. The van der Waals surface area contributed by atoms with Crippen molar-refractivity contribution >= 4 is 34.9 Å². The molecule has 2 aromatic carbocycles. The van der Waals surface area contributed by atoms with Crippen LogP contribution < -0.4 is 9.80 Å². The molecule has 2 aliphatic rings. The van der Waals surface area contributed by atoms with Crippen molar-refractivity contribution in [2.24, 2.45) is 0 Å². The summed E-state index contributed by atoms with van der Waals surface area (Å²) in [6.07, 6.45) is -0.0830. The number of hydrogen-bond donors (Lipinski definition) is 1. The third-order valence-electron chi connectivity index (χ3n) is 4.94. The number of hydrogen-bond acceptors (Lipinski definition) is 3. The molecule has 2 fully saturated rings. The molecular formula is C19H17ClN2O3. The summed E-state index contributed by atoms with van der Waals surface area (Å²) < 4.78 is 0. The second-order valence-corrected chi connectivity index (χ2v) is 7.10. The van der Waals surface area contributed by atoms with Crippen LogP contribution in [0.1, 0.15) is 18.4 Å². The molecule has 0 aromatic heterocycles. The number of halogens is 1. The Labute approximate surface area is 150 Å². The number of imide groups is 1. The van der Waals surface area contributed by atoms with Crippen molar-refractivity contribution in [1.29, 1.82) is 0 Å². The number of aryl methyl sites for hydroxylation is 1. The number of carbonyl (C=O) groups excluding carboxylic acids is 2. The van der Waals surface area contributed by atoms with Crippen molar-refractivity contribution < 1.29 is 14.7 Å². The summed E-state index contributed by atoms with van der Waals surface area (Å²) in [6.45, 7) is 1.96. The van der Waals surface area contributed by atoms with E-state index in [2.05, 4.69) is 0 Å². The van der Waals surface area contributed by atoms with Crippen LogP contribution in [0.2, 0.25) is 5.02 Å². The summed E-state index contributed by atoms with van der Waals surface area (Å²) in [5.74, 6) is -0.300. The maximum atomic E-state index is 13.1. The number of anilines is 2. The van der Waals surface area contributed by atoms with Crippen molar-refractivity contribution in [2.75, 3.05) is 9.80 Å². The second kappa shape index (κ2) is 5.58. The van der Waals surface area contributed by atoms with Gasteiger partial charge in [0.1, 0.15) is 5.54 Å². The molecule has 6 heteroatoms. The molecule has 0 unspecified atom stereocenters. The first kappa shape index (κ1) is 16.1. The van der Waals surface area contributed by atoms with Crippen LogP contribution in [0.5, 0.6) is 0 Å². The fourth-order valence-corrected chi connectivity index (χ4v) is 3.75. The summed E-state index contributed by atoms with van der Waals surface area (Å²) >= 11 is 5.91. The van der Waals surface area contributed by atoms with Crippen LogP contribution in [0.3, 0.4) is 0 Å². The fourth-order valence-electron chi connectivity index (χ4n) is 3.62. The summed E-state index contributed by atoms with van der Waals surface area (Å²) in [7, 11) is 0. The summed E-state index contributed by atoms with van der Waals surface area (Å²) in [5, 5.41) is 10.4. The van der Waals surface area contributed by atoms with Crippen molar-refractivity contribution in [3.8, 4) is 0 Å². The van der Waals surface area contributed by atoms with E-state index in [0.717, 1.165) is 5.56 Å². The van der Waals surface area contributed by atoms with Gasteiger partial charge >= 0.3 is 6.03 Å². The van der Waals surface area contributed by atoms with Crippen LogP contribution >= 0.6 is 11.6 Å². The Bertz CT molecular complexity index is 842. The molecule has 0 atom stereocenters. The molecule has 2 aromatic rings. The fraction of sp³-hybridized carbons (Fsp3) is 0.263. The Morgan fingerprint density at radius 3 is 2.12 bits per heavy atom. The van der Waals surface area contributed by atoms with Crippen LogP contribution in [-0.2, 0) is 4.79 Å². The topological polar surface area (TPSA) is 60.9 Å². The molecule has 1 aliphatic heterocycles. The average Bonchev–Trinajstić information content (AvgIpc) is 2.78. The van der Waals surface area contributed by atoms with Gasteiger partial charge in [0.05, 0.1) is 11.8 Å². The zero-order valence-electron chi connectivity index (χ0n) is 13.6. The number of rotatable bonds is 2. The molecule has 1 heterocycles. The van der Waals surface area contributed by atoms with E-state index in [0.29, 0.717) is 16.4 Å². The van der Waals surface area contributed by atoms with Gasteiger partial charge in [0, 0.05) is 23.6 Å². The van der Waals surface area contributed by atoms with Gasteiger partial charge in [-0.25, -0.2) is 9.69 Å². The van der Waals surface area contributed by atoms with E-state index in [4.69, 9.17) is 11.6 Å². The van der Waals surface area contributed by atoms with Crippen molar-refractivity contribution in [3.63, 3.8) is 0 Å². The molecule has 128 valence electrons. The van der Waals surface area contributed by atoms with Gasteiger partial charge in [-0.3, -0.25) is 9.69 Å². The summed E-state index contributed by atoms with van der Waals surface area (Å²) in [6, 6.07) is 13.7. The quantitative estimate of drug-likeness (QED) is 0.837. The van der Waals surface area contributed by atoms with Gasteiger partial charge in [-0.15, -0.1) is 0 Å². The molecule has 5 nitrogen and oxygen atoms in total. The van der Waals surface area contributed by atoms with Gasteiger partial charge in [-0.1, -0.05) is 29.3 Å². The zero-order chi connectivity index (χ0) is 17.8. The van der Waals surface area contributed by atoms with Gasteiger partial charge in [-0.2, -0.15) is 0 Å². The lowest BCUT2D eigenvalue weighted by molar-refractivity contribution is -0.128. The number of carbonyl (C=O) groups is 2. The Morgan fingerprint density at radius 2 is 1.56 bits per heavy atom. The van der Waals surface area contributed by atoms with Gasteiger partial charge in [0.2, 0.25) is 0 Å². The molecule has 3 amide bonds. The highest BCUT2D eigenvalue weighted by atomic mass is 35.5. The molecule has 1 saturated carbocycles. The lowest BCUT2D eigenvalue weighted by atomic mass is 9.73. The van der Waals surface area contributed by atoms with E-state index in [9.17, 15) is 14.7 Å². The number of aliphatic hydroxyl groups excluding tert-OH is 1. The molecule has 1 N–H and O–H groups in total. The predicted molar refractivity (Wildman–Crippen MR) is 96.0 cm³/mol. The Morgan fingerprint density at radius 1 is 1.00 bits per heavy atom. The van der Waals surface area contributed by atoms with E-state index in [1.807, 2.05) is 31.2 Å². The lowest BCUT2D eigenvalue weighted by Gasteiger charge is -2.45. The van der Waals surface area contributed by atoms with Crippen molar-refractivity contribution in [1.82, 2.24) is 0 Å². The minimum Gasteiger partial charge on any atom is -0.393 e. The second-order valence-electron chi connectivity index (χ2n) is 6.66. The zero-order valence-corrected chi connectivity index (χ0v) is 14.4. The normalized spacial score (nSPS) is 25.6. The third-order valence-corrected chi connectivity index (χ3v) is 5.19. The molecule has 4 rings (SSSR count). The Hall–Kier alpha value is -2.37. The standard InChI is InChI=1S/C19H17ClN2O3/c1-12-2-6-15(7-3-12)22-18(25)21(14-8-4-13(20)5-9-14)17(24)19(22)10-16(23)11-19/h2-9,16,23H,10-11H2,1H3. The van der Waals surface area contributed by atoms with Crippen LogP contribution in [0.4, 0.5) is 16.2 Å². The first-order valence-electron chi connectivity index (χ1n) is 8.11. The van der Waals surface area contributed by atoms with Crippen LogP contribution in [-0.4, -0.2) is 28.7 Å². The maximum Gasteiger partial charge on any atom is 0.336 e. The summed E-state index contributed by atoms with van der Waals surface area (Å²) in [5.41, 5.74) is 1.20. The molecule has 25 heavy (non-hydrogen) atoms. The van der Waals surface area contributed by atoms with Gasteiger partial charge in [-0.05, 0) is 43.3 Å². The van der Waals surface area contributed by atoms with E-state index >= 15 is 0 Å². The third kappa shape index (κ3) is 2.34. The highest BCUT2D eigenvalue weighted by Gasteiger charge is 2.64. The monoisotopic (exact) mass is 356 g/mol. The number of amides is 3. The minimum absolute atomic E-state index is 0.246. The van der Waals surface area contributed by atoms with E-state index in [1.54, 1.807) is 24.3 Å². The Kier molecular flexibility index (Phi) is 3.60. The van der Waals surface area contributed by atoms with Gasteiger partial charge < -0.3 is 5.11 Å². The lowest BCUT2D eigenvalue weighted by Crippen LogP contribution is -2.61. The molecule has 0 bridgehead atoms. The van der Waals surface area contributed by atoms with E-state index in [-0.39, 0.29) is 18.7 Å². The molecular weight excluding hydrogens is 340 g/mol. The first-order valence-corrected chi connectivity index (χ1v) is 8.49. The van der Waals surface area contributed by atoms with Crippen molar-refractivity contribution in [2.45, 2.75) is 31.4 Å². The van der Waals surface area contributed by atoms with Gasteiger partial charge in [0.25, 0.3) is 5.91 Å². The highest BCUT2D eigenvalue weighted by molar-refractivity contribution is 6.32. The Balaban J connectivity index is 1.80. The van der Waals surface area contributed by atoms with E-state index in [1.165, 1.54) is 9.80 Å². The minimum atomic E-state index is -1.01. The number of benzene rings is 2. The predicted octanol–water partition coefficient (Wildman–Crippen LogP) is 3.52. The molecule has 1 spiro atoms. The van der Waals surface area contributed by atoms with Crippen molar-refractivity contribution in [3.05, 3.63) is 59.1 Å². The first-order chi connectivity index (χ1) is 11.9. The van der Waals surface area contributed by atoms with Crippen LogP contribution in [0, 0.1) is 6.92 Å². The maximum absolute atomic E-state index is 13.1. The molecule has 0 radical (unpaired) electrons. The van der Waals surface area contributed by atoms with Crippen LogP contribution in [0.15, 0.2) is 48.5 Å².